The van der Waals surface area contributed by atoms with Gasteiger partial charge in [0.05, 0.1) is 0 Å². The summed E-state index contributed by atoms with van der Waals surface area (Å²) < 4.78 is 24.4. The lowest BCUT2D eigenvalue weighted by molar-refractivity contribution is -0.143. The fraction of sp³-hybridized carbons (Fsp3) is 0.0909. The summed E-state index contributed by atoms with van der Waals surface area (Å²) in [6.07, 6.45) is 0. The van der Waals surface area contributed by atoms with Gasteiger partial charge < -0.3 is 9.47 Å². The molecule has 1 aliphatic rings. The molecular formula is C22H15FO4. The quantitative estimate of drug-likeness (QED) is 0.507. The second-order valence-corrected chi connectivity index (χ2v) is 6.15. The van der Waals surface area contributed by atoms with E-state index in [-0.39, 0.29) is 5.56 Å². The van der Waals surface area contributed by atoms with Crippen LogP contribution in [0.25, 0.3) is 0 Å². The van der Waals surface area contributed by atoms with Crippen LogP contribution >= 0.6 is 0 Å². The Bertz CT molecular complexity index is 983. The number of ether oxygens (including phenoxy) is 2. The molecule has 134 valence electrons. The maximum atomic E-state index is 13.3. The van der Waals surface area contributed by atoms with Gasteiger partial charge in [0.2, 0.25) is 0 Å². The number of carbonyl (C=O) groups is 2. The summed E-state index contributed by atoms with van der Waals surface area (Å²) in [6.45, 7) is -0.454. The molecule has 0 unspecified atom stereocenters. The monoisotopic (exact) mass is 362 g/mol. The zero-order valence-electron chi connectivity index (χ0n) is 14.2. The number of benzene rings is 3. The largest absolute Gasteiger partial charge is 0.457 e. The molecule has 3 aromatic rings. The highest BCUT2D eigenvalue weighted by atomic mass is 19.1. The van der Waals surface area contributed by atoms with Crippen molar-refractivity contribution in [2.75, 3.05) is 6.61 Å². The summed E-state index contributed by atoms with van der Waals surface area (Å²) in [5, 5.41) is 0. The molecule has 0 saturated heterocycles. The van der Waals surface area contributed by atoms with Gasteiger partial charge in [0.1, 0.15) is 23.2 Å². The van der Waals surface area contributed by atoms with Gasteiger partial charge in [0, 0.05) is 16.7 Å². The number of ketones is 1. The molecule has 0 aliphatic carbocycles. The molecule has 4 rings (SSSR count). The topological polar surface area (TPSA) is 52.6 Å². The number of fused-ring (bicyclic) bond motifs is 2. The van der Waals surface area contributed by atoms with Crippen LogP contribution in [0.5, 0.6) is 11.5 Å². The fourth-order valence-corrected chi connectivity index (χ4v) is 3.13. The van der Waals surface area contributed by atoms with Crippen LogP contribution in [-0.4, -0.2) is 18.4 Å². The molecular weight excluding hydrogens is 347 g/mol. The first-order chi connectivity index (χ1) is 13.1. The molecule has 27 heavy (non-hydrogen) atoms. The molecule has 0 atom stereocenters. The molecule has 0 aromatic heterocycles. The molecule has 1 heterocycles. The molecule has 0 saturated carbocycles. The smallest absolute Gasteiger partial charge is 0.318 e. The van der Waals surface area contributed by atoms with Crippen molar-refractivity contribution < 1.29 is 23.5 Å². The van der Waals surface area contributed by atoms with Crippen molar-refractivity contribution in [3.05, 3.63) is 95.3 Å². The van der Waals surface area contributed by atoms with E-state index in [2.05, 4.69) is 0 Å². The molecule has 4 nitrogen and oxygen atoms in total. The zero-order valence-corrected chi connectivity index (χ0v) is 14.2. The van der Waals surface area contributed by atoms with Gasteiger partial charge in [-0.3, -0.25) is 9.59 Å². The normalized spacial score (nSPS) is 12.5. The number of halogens is 1. The number of para-hydroxylation sites is 2. The lowest BCUT2D eigenvalue weighted by Crippen LogP contribution is -2.23. The summed E-state index contributed by atoms with van der Waals surface area (Å²) in [5.74, 6) is -1.06. The Morgan fingerprint density at radius 2 is 1.52 bits per heavy atom. The van der Waals surface area contributed by atoms with Crippen molar-refractivity contribution in [2.24, 2.45) is 0 Å². The zero-order chi connectivity index (χ0) is 18.8. The Labute approximate surface area is 155 Å². The van der Waals surface area contributed by atoms with E-state index in [1.54, 1.807) is 24.3 Å². The van der Waals surface area contributed by atoms with Gasteiger partial charge in [-0.25, -0.2) is 4.39 Å². The van der Waals surface area contributed by atoms with E-state index in [0.29, 0.717) is 22.6 Å². The van der Waals surface area contributed by atoms with Gasteiger partial charge >= 0.3 is 5.97 Å². The summed E-state index contributed by atoms with van der Waals surface area (Å²) in [4.78, 5) is 25.0. The molecule has 0 radical (unpaired) electrons. The van der Waals surface area contributed by atoms with Crippen molar-refractivity contribution in [2.45, 2.75) is 5.92 Å². The first kappa shape index (κ1) is 17.0. The summed E-state index contributed by atoms with van der Waals surface area (Å²) >= 11 is 0. The van der Waals surface area contributed by atoms with E-state index in [4.69, 9.17) is 9.47 Å². The second-order valence-electron chi connectivity index (χ2n) is 6.15. The third-order valence-corrected chi connectivity index (χ3v) is 4.41. The average molecular weight is 362 g/mol. The van der Waals surface area contributed by atoms with Gasteiger partial charge in [-0.15, -0.1) is 0 Å². The highest BCUT2D eigenvalue weighted by Gasteiger charge is 2.33. The number of Topliss-reactive ketones (excluding diaryl/α,β-unsaturated/α-hetero) is 1. The lowest BCUT2D eigenvalue weighted by atomic mass is 9.88. The Morgan fingerprint density at radius 1 is 0.889 bits per heavy atom. The van der Waals surface area contributed by atoms with Crippen LogP contribution in [0.3, 0.4) is 0 Å². The molecule has 0 amide bonds. The van der Waals surface area contributed by atoms with Crippen LogP contribution in [0.4, 0.5) is 4.39 Å². The first-order valence-corrected chi connectivity index (χ1v) is 8.44. The highest BCUT2D eigenvalue weighted by molar-refractivity contribution is 5.98. The van der Waals surface area contributed by atoms with Crippen LogP contribution in [-0.2, 0) is 9.53 Å². The third kappa shape index (κ3) is 3.31. The standard InChI is InChI=1S/C22H15FO4/c23-15-7-5-6-14(12-15)18(24)13-26-22(25)21-16-8-1-3-10-19(16)27-20-11-4-2-9-17(20)21/h1-12,21H,13H2. The number of hydrogen-bond acceptors (Lipinski definition) is 4. The molecule has 0 N–H and O–H groups in total. The van der Waals surface area contributed by atoms with E-state index >= 15 is 0 Å². The van der Waals surface area contributed by atoms with Gasteiger partial charge in [-0.2, -0.15) is 0 Å². The van der Waals surface area contributed by atoms with Crippen LogP contribution in [0.2, 0.25) is 0 Å². The molecule has 0 spiro atoms. The van der Waals surface area contributed by atoms with E-state index in [9.17, 15) is 14.0 Å². The first-order valence-electron chi connectivity index (χ1n) is 8.44. The Balaban J connectivity index is 1.58. The minimum absolute atomic E-state index is 0.163. The van der Waals surface area contributed by atoms with Gasteiger partial charge in [-0.05, 0) is 24.3 Å². The van der Waals surface area contributed by atoms with Crippen LogP contribution in [0.1, 0.15) is 27.4 Å². The summed E-state index contributed by atoms with van der Waals surface area (Å²) in [6, 6.07) is 19.7. The second kappa shape index (κ2) is 7.03. The van der Waals surface area contributed by atoms with Crippen molar-refractivity contribution in [1.29, 1.82) is 0 Å². The number of carbonyl (C=O) groups excluding carboxylic acids is 2. The Hall–Kier alpha value is -3.47. The van der Waals surface area contributed by atoms with E-state index in [0.717, 1.165) is 6.07 Å². The molecule has 3 aromatic carbocycles. The SMILES string of the molecule is O=C(COC(=O)C1c2ccccc2Oc2ccccc21)c1cccc(F)c1. The minimum Gasteiger partial charge on any atom is -0.457 e. The van der Waals surface area contributed by atoms with Crippen molar-refractivity contribution in [1.82, 2.24) is 0 Å². The molecule has 0 bridgehead atoms. The average Bonchev–Trinajstić information content (AvgIpc) is 2.70. The summed E-state index contributed by atoms with van der Waals surface area (Å²) in [7, 11) is 0. The van der Waals surface area contributed by atoms with Crippen molar-refractivity contribution in [3.8, 4) is 11.5 Å². The van der Waals surface area contributed by atoms with Crippen LogP contribution < -0.4 is 4.74 Å². The molecule has 5 heteroatoms. The summed E-state index contributed by atoms with van der Waals surface area (Å²) in [5.41, 5.74) is 1.52. The lowest BCUT2D eigenvalue weighted by Gasteiger charge is -2.26. The van der Waals surface area contributed by atoms with E-state index < -0.39 is 30.1 Å². The molecule has 1 aliphatic heterocycles. The predicted octanol–water partition coefficient (Wildman–Crippen LogP) is 4.49. The third-order valence-electron chi connectivity index (χ3n) is 4.41. The highest BCUT2D eigenvalue weighted by Crippen LogP contribution is 2.44. The van der Waals surface area contributed by atoms with Gasteiger partial charge in [-0.1, -0.05) is 48.5 Å². The number of rotatable bonds is 4. The van der Waals surface area contributed by atoms with Crippen LogP contribution in [0, 0.1) is 5.82 Å². The van der Waals surface area contributed by atoms with Gasteiger partial charge in [0.25, 0.3) is 0 Å². The van der Waals surface area contributed by atoms with E-state index in [1.807, 2.05) is 24.3 Å². The maximum absolute atomic E-state index is 13.3. The minimum atomic E-state index is -0.688. The predicted molar refractivity (Wildman–Crippen MR) is 96.5 cm³/mol. The molecule has 0 fully saturated rings. The fourth-order valence-electron chi connectivity index (χ4n) is 3.13. The Morgan fingerprint density at radius 3 is 2.15 bits per heavy atom. The van der Waals surface area contributed by atoms with Gasteiger partial charge in [0.15, 0.2) is 12.4 Å². The maximum Gasteiger partial charge on any atom is 0.318 e. The number of esters is 1. The van der Waals surface area contributed by atoms with Crippen LogP contribution in [0.15, 0.2) is 72.8 Å². The number of hydrogen-bond donors (Lipinski definition) is 0. The van der Waals surface area contributed by atoms with Crippen molar-refractivity contribution in [3.63, 3.8) is 0 Å². The van der Waals surface area contributed by atoms with E-state index in [1.165, 1.54) is 18.2 Å². The Kier molecular flexibility index (Phi) is 4.42. The van der Waals surface area contributed by atoms with Crippen molar-refractivity contribution >= 4 is 11.8 Å².